The minimum atomic E-state index is -0.810. The summed E-state index contributed by atoms with van der Waals surface area (Å²) in [5.41, 5.74) is 7.32. The number of unbranched alkanes of at least 4 members (excludes halogenated alkanes) is 3. The highest BCUT2D eigenvalue weighted by Gasteiger charge is 2.19. The maximum atomic E-state index is 12.5. The Bertz CT molecular complexity index is 562. The smallest absolute Gasteiger partial charge is 0.224 e. The average molecular weight is 401 g/mol. The molecular formula is C20H33ClN2O2S. The van der Waals surface area contributed by atoms with Gasteiger partial charge in [0.2, 0.25) is 5.91 Å². The van der Waals surface area contributed by atoms with Crippen molar-refractivity contribution in [2.75, 3.05) is 11.9 Å². The SMILES string of the molecule is Cl.NCCCCCCC(=O)Nc1cccc(CS(=O)C2CCCCC2)c1. The van der Waals surface area contributed by atoms with Crippen molar-refractivity contribution in [1.82, 2.24) is 0 Å². The minimum Gasteiger partial charge on any atom is -0.330 e. The zero-order valence-corrected chi connectivity index (χ0v) is 17.2. The third kappa shape index (κ3) is 8.65. The molecule has 2 rings (SSSR count). The van der Waals surface area contributed by atoms with Gasteiger partial charge in [-0.25, -0.2) is 0 Å². The van der Waals surface area contributed by atoms with E-state index in [0.717, 1.165) is 56.3 Å². The Morgan fingerprint density at radius 3 is 2.58 bits per heavy atom. The van der Waals surface area contributed by atoms with Crippen molar-refractivity contribution >= 4 is 34.8 Å². The van der Waals surface area contributed by atoms with E-state index in [1.54, 1.807) is 0 Å². The Kier molecular flexibility index (Phi) is 11.8. The second-order valence-electron chi connectivity index (χ2n) is 6.99. The molecule has 0 bridgehead atoms. The highest BCUT2D eigenvalue weighted by molar-refractivity contribution is 7.84. The molecule has 1 aliphatic rings. The molecule has 0 aliphatic heterocycles. The molecule has 6 heteroatoms. The van der Waals surface area contributed by atoms with Crippen molar-refractivity contribution in [3.05, 3.63) is 29.8 Å². The van der Waals surface area contributed by atoms with Crippen LogP contribution >= 0.6 is 12.4 Å². The Labute approximate surface area is 166 Å². The number of rotatable bonds is 10. The highest BCUT2D eigenvalue weighted by Crippen LogP contribution is 2.24. The van der Waals surface area contributed by atoms with Gasteiger partial charge in [0.25, 0.3) is 0 Å². The number of anilines is 1. The first-order chi connectivity index (χ1) is 12.2. The summed E-state index contributed by atoms with van der Waals surface area (Å²) in [6.45, 7) is 0.723. The second-order valence-corrected chi connectivity index (χ2v) is 8.70. The number of nitrogens with two attached hydrogens (primary N) is 1. The molecule has 0 radical (unpaired) electrons. The van der Waals surface area contributed by atoms with Crippen molar-refractivity contribution in [2.45, 2.75) is 75.2 Å². The molecule has 1 aromatic rings. The van der Waals surface area contributed by atoms with Crippen LogP contribution in [0.3, 0.4) is 0 Å². The van der Waals surface area contributed by atoms with Crippen LogP contribution in [0.4, 0.5) is 5.69 Å². The first kappa shape index (κ1) is 23.1. The minimum absolute atomic E-state index is 0. The Morgan fingerprint density at radius 1 is 1.12 bits per heavy atom. The average Bonchev–Trinajstić information content (AvgIpc) is 2.62. The maximum absolute atomic E-state index is 12.5. The van der Waals surface area contributed by atoms with E-state index < -0.39 is 10.8 Å². The van der Waals surface area contributed by atoms with Gasteiger partial charge >= 0.3 is 0 Å². The van der Waals surface area contributed by atoms with Gasteiger partial charge in [-0.15, -0.1) is 12.4 Å². The molecule has 1 aromatic carbocycles. The Balaban J connectivity index is 0.00000338. The lowest BCUT2D eigenvalue weighted by Crippen LogP contribution is -2.19. The third-order valence-corrected chi connectivity index (χ3v) is 6.63. The van der Waals surface area contributed by atoms with Gasteiger partial charge in [-0.3, -0.25) is 9.00 Å². The number of halogens is 1. The normalized spacial score (nSPS) is 15.9. The van der Waals surface area contributed by atoms with E-state index in [0.29, 0.717) is 17.4 Å². The number of nitrogens with one attached hydrogen (secondary N) is 1. The van der Waals surface area contributed by atoms with Gasteiger partial charge in [-0.05, 0) is 49.9 Å². The summed E-state index contributed by atoms with van der Waals surface area (Å²) in [5.74, 6) is 0.645. The van der Waals surface area contributed by atoms with E-state index in [9.17, 15) is 9.00 Å². The van der Waals surface area contributed by atoms with Gasteiger partial charge in [0.15, 0.2) is 0 Å². The topological polar surface area (TPSA) is 72.2 Å². The summed E-state index contributed by atoms with van der Waals surface area (Å²) in [7, 11) is -0.810. The molecule has 1 unspecified atom stereocenters. The van der Waals surface area contributed by atoms with Crippen molar-refractivity contribution in [3.63, 3.8) is 0 Å². The summed E-state index contributed by atoms with van der Waals surface area (Å²) in [6, 6.07) is 7.81. The van der Waals surface area contributed by atoms with Crippen LogP contribution in [0.5, 0.6) is 0 Å². The quantitative estimate of drug-likeness (QED) is 0.566. The molecule has 26 heavy (non-hydrogen) atoms. The predicted octanol–water partition coefficient (Wildman–Crippen LogP) is 4.54. The number of carbonyl (C=O) groups excluding carboxylic acids is 1. The van der Waals surface area contributed by atoms with Gasteiger partial charge in [0, 0.05) is 33.9 Å². The number of carbonyl (C=O) groups is 1. The van der Waals surface area contributed by atoms with Gasteiger partial charge in [0.05, 0.1) is 0 Å². The van der Waals surface area contributed by atoms with Crippen LogP contribution < -0.4 is 11.1 Å². The summed E-state index contributed by atoms with van der Waals surface area (Å²) in [5, 5.41) is 3.31. The van der Waals surface area contributed by atoms with Gasteiger partial charge < -0.3 is 11.1 Å². The fraction of sp³-hybridized carbons (Fsp3) is 0.650. The van der Waals surface area contributed by atoms with E-state index in [-0.39, 0.29) is 18.3 Å². The summed E-state index contributed by atoms with van der Waals surface area (Å²) < 4.78 is 12.5. The molecule has 4 nitrogen and oxygen atoms in total. The van der Waals surface area contributed by atoms with Crippen molar-refractivity contribution in [1.29, 1.82) is 0 Å². The van der Waals surface area contributed by atoms with Crippen LogP contribution in [0.15, 0.2) is 24.3 Å². The van der Waals surface area contributed by atoms with E-state index in [1.165, 1.54) is 19.3 Å². The highest BCUT2D eigenvalue weighted by atomic mass is 35.5. The van der Waals surface area contributed by atoms with Gasteiger partial charge in [-0.1, -0.05) is 44.2 Å². The fourth-order valence-corrected chi connectivity index (χ4v) is 4.96. The van der Waals surface area contributed by atoms with Crippen molar-refractivity contribution in [3.8, 4) is 0 Å². The lowest BCUT2D eigenvalue weighted by Gasteiger charge is -2.21. The van der Waals surface area contributed by atoms with Crippen LogP contribution in [0.1, 0.15) is 69.8 Å². The fourth-order valence-electron chi connectivity index (χ4n) is 3.36. The molecule has 148 valence electrons. The van der Waals surface area contributed by atoms with Crippen LogP contribution in [0.25, 0.3) is 0 Å². The van der Waals surface area contributed by atoms with Crippen molar-refractivity contribution < 1.29 is 9.00 Å². The summed E-state index contributed by atoms with van der Waals surface area (Å²) in [6.07, 6.45) is 10.5. The second kappa shape index (κ2) is 13.3. The van der Waals surface area contributed by atoms with Crippen LogP contribution in [0, 0.1) is 0 Å². The summed E-state index contributed by atoms with van der Waals surface area (Å²) >= 11 is 0. The standard InChI is InChI=1S/C20H32N2O2S.ClH/c21-14-7-2-1-6-13-20(23)22-18-10-8-9-17(15-18)16-25(24)19-11-4-3-5-12-19;/h8-10,15,19H,1-7,11-14,16,21H2,(H,22,23);1H. The zero-order valence-electron chi connectivity index (χ0n) is 15.6. The predicted molar refractivity (Wildman–Crippen MR) is 113 cm³/mol. The number of hydrogen-bond acceptors (Lipinski definition) is 3. The number of hydrogen-bond donors (Lipinski definition) is 2. The molecule has 0 heterocycles. The first-order valence-corrected chi connectivity index (χ1v) is 11.0. The monoisotopic (exact) mass is 400 g/mol. The maximum Gasteiger partial charge on any atom is 0.224 e. The molecule has 1 saturated carbocycles. The molecule has 1 fully saturated rings. The van der Waals surface area contributed by atoms with E-state index in [1.807, 2.05) is 24.3 Å². The molecule has 1 aliphatic carbocycles. The number of amides is 1. The zero-order chi connectivity index (χ0) is 17.9. The summed E-state index contributed by atoms with van der Waals surface area (Å²) in [4.78, 5) is 12.0. The molecule has 1 atom stereocenters. The molecule has 0 aromatic heterocycles. The molecular weight excluding hydrogens is 368 g/mol. The lowest BCUT2D eigenvalue weighted by molar-refractivity contribution is -0.116. The van der Waals surface area contributed by atoms with E-state index in [2.05, 4.69) is 5.32 Å². The molecule has 3 N–H and O–H groups in total. The third-order valence-electron chi connectivity index (χ3n) is 4.80. The van der Waals surface area contributed by atoms with Crippen LogP contribution in [-0.4, -0.2) is 21.9 Å². The van der Waals surface area contributed by atoms with E-state index in [4.69, 9.17) is 5.73 Å². The first-order valence-electron chi connectivity index (χ1n) is 9.65. The van der Waals surface area contributed by atoms with Gasteiger partial charge in [-0.2, -0.15) is 0 Å². The van der Waals surface area contributed by atoms with Crippen molar-refractivity contribution in [2.24, 2.45) is 5.73 Å². The molecule has 0 spiro atoms. The largest absolute Gasteiger partial charge is 0.330 e. The molecule has 0 saturated heterocycles. The Morgan fingerprint density at radius 2 is 1.85 bits per heavy atom. The number of benzene rings is 1. The lowest BCUT2D eigenvalue weighted by atomic mass is 10.0. The Hall–Kier alpha value is -0.910. The van der Waals surface area contributed by atoms with Gasteiger partial charge in [0.1, 0.15) is 0 Å². The molecule has 1 amide bonds. The van der Waals surface area contributed by atoms with E-state index >= 15 is 0 Å². The van der Waals surface area contributed by atoms with Crippen LogP contribution in [0.2, 0.25) is 0 Å². The van der Waals surface area contributed by atoms with Crippen LogP contribution in [-0.2, 0) is 21.3 Å².